The molecule has 1 unspecified atom stereocenters. The van der Waals surface area contributed by atoms with Crippen molar-refractivity contribution in [2.24, 2.45) is 11.7 Å². The first kappa shape index (κ1) is 11.7. The van der Waals surface area contributed by atoms with Crippen LogP contribution in [0.4, 0.5) is 0 Å². The summed E-state index contributed by atoms with van der Waals surface area (Å²) in [5, 5.41) is 0. The van der Waals surface area contributed by atoms with Crippen molar-refractivity contribution in [3.05, 3.63) is 34.9 Å². The third kappa shape index (κ3) is 2.65. The highest BCUT2D eigenvalue weighted by atomic mass is 14.6. The topological polar surface area (TPSA) is 26.0 Å². The summed E-state index contributed by atoms with van der Waals surface area (Å²) >= 11 is 0. The number of hydrogen-bond donors (Lipinski definition) is 1. The van der Waals surface area contributed by atoms with Crippen LogP contribution in [0.1, 0.15) is 43.4 Å². The molecule has 0 fully saturated rings. The van der Waals surface area contributed by atoms with Crippen LogP contribution in [0, 0.1) is 5.92 Å². The minimum absolute atomic E-state index is 0.293. The lowest BCUT2D eigenvalue weighted by atomic mass is 9.88. The first-order chi connectivity index (χ1) is 7.66. The van der Waals surface area contributed by atoms with Gasteiger partial charge in [0.15, 0.2) is 0 Å². The van der Waals surface area contributed by atoms with E-state index in [-0.39, 0.29) is 0 Å². The molecule has 0 aliphatic heterocycles. The predicted molar refractivity (Wildman–Crippen MR) is 69.6 cm³/mol. The second kappa shape index (κ2) is 5.01. The van der Waals surface area contributed by atoms with E-state index >= 15 is 0 Å². The van der Waals surface area contributed by atoms with E-state index in [2.05, 4.69) is 32.0 Å². The molecule has 0 saturated heterocycles. The maximum absolute atomic E-state index is 6.12. The van der Waals surface area contributed by atoms with Gasteiger partial charge in [-0.2, -0.15) is 0 Å². The number of benzene rings is 1. The summed E-state index contributed by atoms with van der Waals surface area (Å²) in [6.07, 6.45) is 6.27. The molecule has 0 heterocycles. The highest BCUT2D eigenvalue weighted by Crippen LogP contribution is 2.23. The average Bonchev–Trinajstić information content (AvgIpc) is 2.28. The molecule has 88 valence electrons. The second-order valence-corrected chi connectivity index (χ2v) is 5.42. The summed E-state index contributed by atoms with van der Waals surface area (Å²) in [6.45, 7) is 4.39. The van der Waals surface area contributed by atoms with Crippen molar-refractivity contribution in [2.75, 3.05) is 0 Å². The molecule has 1 aliphatic rings. The van der Waals surface area contributed by atoms with Gasteiger partial charge in [0, 0.05) is 6.04 Å². The first-order valence-corrected chi connectivity index (χ1v) is 6.53. The van der Waals surface area contributed by atoms with Crippen molar-refractivity contribution in [2.45, 2.75) is 52.0 Å². The molecule has 0 aromatic heterocycles. The van der Waals surface area contributed by atoms with Crippen LogP contribution >= 0.6 is 0 Å². The number of hydrogen-bond acceptors (Lipinski definition) is 1. The molecule has 0 amide bonds. The summed E-state index contributed by atoms with van der Waals surface area (Å²) in [7, 11) is 0. The number of fused-ring (bicyclic) bond motifs is 1. The molecule has 0 radical (unpaired) electrons. The second-order valence-electron chi connectivity index (χ2n) is 5.42. The predicted octanol–water partition coefficient (Wildman–Crippen LogP) is 3.09. The van der Waals surface area contributed by atoms with Gasteiger partial charge >= 0.3 is 0 Å². The normalized spacial score (nSPS) is 17.2. The van der Waals surface area contributed by atoms with Crippen molar-refractivity contribution in [3.8, 4) is 0 Å². The van der Waals surface area contributed by atoms with Gasteiger partial charge in [-0.3, -0.25) is 0 Å². The zero-order valence-electron chi connectivity index (χ0n) is 10.5. The lowest BCUT2D eigenvalue weighted by Crippen LogP contribution is -2.28. The molecule has 16 heavy (non-hydrogen) atoms. The van der Waals surface area contributed by atoms with E-state index < -0.39 is 0 Å². The van der Waals surface area contributed by atoms with Gasteiger partial charge in [0.1, 0.15) is 0 Å². The maximum Gasteiger partial charge on any atom is 0.0102 e. The van der Waals surface area contributed by atoms with Gasteiger partial charge in [-0.1, -0.05) is 32.0 Å². The van der Waals surface area contributed by atoms with Gasteiger partial charge in [0.2, 0.25) is 0 Å². The lowest BCUT2D eigenvalue weighted by molar-refractivity contribution is 0.490. The third-order valence-electron chi connectivity index (χ3n) is 3.74. The molecule has 0 spiro atoms. The molecule has 2 rings (SSSR count). The Kier molecular flexibility index (Phi) is 3.65. The molecule has 1 heteroatoms. The zero-order chi connectivity index (χ0) is 11.5. The molecule has 1 atom stereocenters. The Morgan fingerprint density at radius 1 is 1.12 bits per heavy atom. The molecule has 0 saturated carbocycles. The van der Waals surface area contributed by atoms with E-state index in [0.717, 1.165) is 6.42 Å². The lowest BCUT2D eigenvalue weighted by Gasteiger charge is -2.19. The Bertz CT molecular complexity index is 354. The van der Waals surface area contributed by atoms with Gasteiger partial charge in [-0.15, -0.1) is 0 Å². The Balaban J connectivity index is 2.11. The largest absolute Gasteiger partial charge is 0.327 e. The molecule has 1 aromatic carbocycles. The summed E-state index contributed by atoms with van der Waals surface area (Å²) < 4.78 is 0. The van der Waals surface area contributed by atoms with Crippen LogP contribution < -0.4 is 5.73 Å². The van der Waals surface area contributed by atoms with E-state index in [1.807, 2.05) is 0 Å². The monoisotopic (exact) mass is 217 g/mol. The summed E-state index contributed by atoms with van der Waals surface area (Å²) in [4.78, 5) is 0. The van der Waals surface area contributed by atoms with E-state index in [0.29, 0.717) is 12.0 Å². The summed E-state index contributed by atoms with van der Waals surface area (Å²) in [5.41, 5.74) is 10.7. The van der Waals surface area contributed by atoms with Crippen LogP contribution in [0.2, 0.25) is 0 Å². The Morgan fingerprint density at radius 2 is 1.81 bits per heavy atom. The number of aryl methyl sites for hydroxylation is 2. The molecule has 1 aromatic rings. The standard InChI is InChI=1S/C15H23N/c1-11(2)15(16)10-12-7-8-13-5-3-4-6-14(13)9-12/h7-9,11,15H,3-6,10,16H2,1-2H3. The van der Waals surface area contributed by atoms with Gasteiger partial charge in [0.25, 0.3) is 0 Å². The Labute approximate surface area is 99.0 Å². The van der Waals surface area contributed by atoms with E-state index in [1.165, 1.54) is 31.2 Å². The van der Waals surface area contributed by atoms with Crippen molar-refractivity contribution in [3.63, 3.8) is 0 Å². The van der Waals surface area contributed by atoms with Crippen LogP contribution in [-0.2, 0) is 19.3 Å². The van der Waals surface area contributed by atoms with Gasteiger partial charge < -0.3 is 5.73 Å². The molecular weight excluding hydrogens is 194 g/mol. The fourth-order valence-electron chi connectivity index (χ4n) is 2.42. The van der Waals surface area contributed by atoms with Crippen LogP contribution in [0.5, 0.6) is 0 Å². The Hall–Kier alpha value is -0.820. The van der Waals surface area contributed by atoms with Crippen LogP contribution in [0.25, 0.3) is 0 Å². The van der Waals surface area contributed by atoms with Crippen molar-refractivity contribution in [1.82, 2.24) is 0 Å². The van der Waals surface area contributed by atoms with Crippen molar-refractivity contribution < 1.29 is 0 Å². The minimum atomic E-state index is 0.293. The maximum atomic E-state index is 6.12. The summed E-state index contributed by atoms with van der Waals surface area (Å²) in [6, 6.07) is 7.27. The van der Waals surface area contributed by atoms with Crippen LogP contribution in [0.3, 0.4) is 0 Å². The van der Waals surface area contributed by atoms with Crippen LogP contribution in [-0.4, -0.2) is 6.04 Å². The zero-order valence-corrected chi connectivity index (χ0v) is 10.5. The highest BCUT2D eigenvalue weighted by molar-refractivity contribution is 5.34. The van der Waals surface area contributed by atoms with Crippen molar-refractivity contribution in [1.29, 1.82) is 0 Å². The molecule has 0 bridgehead atoms. The smallest absolute Gasteiger partial charge is 0.0102 e. The first-order valence-electron chi connectivity index (χ1n) is 6.53. The molecule has 1 aliphatic carbocycles. The summed E-state index contributed by atoms with van der Waals surface area (Å²) in [5.74, 6) is 0.566. The van der Waals surface area contributed by atoms with E-state index in [9.17, 15) is 0 Å². The number of nitrogens with two attached hydrogens (primary N) is 1. The highest BCUT2D eigenvalue weighted by Gasteiger charge is 2.12. The molecule has 2 N–H and O–H groups in total. The fraction of sp³-hybridized carbons (Fsp3) is 0.600. The SMILES string of the molecule is CC(C)C(N)Cc1ccc2c(c1)CCCC2. The third-order valence-corrected chi connectivity index (χ3v) is 3.74. The minimum Gasteiger partial charge on any atom is -0.327 e. The van der Waals surface area contributed by atoms with E-state index in [1.54, 1.807) is 11.1 Å². The fourth-order valence-corrected chi connectivity index (χ4v) is 2.42. The van der Waals surface area contributed by atoms with Crippen LogP contribution in [0.15, 0.2) is 18.2 Å². The van der Waals surface area contributed by atoms with E-state index in [4.69, 9.17) is 5.73 Å². The Morgan fingerprint density at radius 3 is 2.50 bits per heavy atom. The molecular formula is C15H23N. The van der Waals surface area contributed by atoms with Crippen molar-refractivity contribution >= 4 is 0 Å². The average molecular weight is 217 g/mol. The quantitative estimate of drug-likeness (QED) is 0.827. The molecule has 1 nitrogen and oxygen atoms in total. The van der Waals surface area contributed by atoms with Gasteiger partial charge in [-0.05, 0) is 54.7 Å². The van der Waals surface area contributed by atoms with Gasteiger partial charge in [0.05, 0.1) is 0 Å². The van der Waals surface area contributed by atoms with Gasteiger partial charge in [-0.25, -0.2) is 0 Å². The number of rotatable bonds is 3.